The van der Waals surface area contributed by atoms with Crippen LogP contribution in [0, 0.1) is 5.92 Å². The Hall–Kier alpha value is -1.26. The van der Waals surface area contributed by atoms with Crippen LogP contribution in [-0.2, 0) is 9.53 Å². The first kappa shape index (κ1) is 12.2. The van der Waals surface area contributed by atoms with Gasteiger partial charge in [0, 0.05) is 0 Å². The molecule has 3 N–H and O–H groups in total. The molecule has 1 aromatic carbocycles. The number of hydrogen-bond acceptors (Lipinski definition) is 3. The summed E-state index contributed by atoms with van der Waals surface area (Å²) in [4.78, 5) is 12.0. The van der Waals surface area contributed by atoms with Gasteiger partial charge in [-0.15, -0.1) is 0 Å². The van der Waals surface area contributed by atoms with Crippen LogP contribution in [0.5, 0.6) is 0 Å². The Labute approximate surface area is 105 Å². The number of para-hydroxylation sites is 1. The molecule has 2 rings (SSSR count). The Morgan fingerprint density at radius 1 is 1.59 bits per heavy atom. The van der Waals surface area contributed by atoms with E-state index in [9.17, 15) is 4.79 Å². The van der Waals surface area contributed by atoms with Gasteiger partial charge in [0.1, 0.15) is 0 Å². The fourth-order valence-electron chi connectivity index (χ4n) is 1.90. The van der Waals surface area contributed by atoms with Crippen molar-refractivity contribution < 1.29 is 9.53 Å². The van der Waals surface area contributed by atoms with Gasteiger partial charge in [-0.3, -0.25) is 4.79 Å². The molecule has 92 valence electrons. The molecule has 0 saturated carbocycles. The van der Waals surface area contributed by atoms with Gasteiger partial charge >= 0.3 is 0 Å². The van der Waals surface area contributed by atoms with E-state index in [1.165, 1.54) is 0 Å². The molecular weight excluding hydrogens is 240 g/mol. The number of halogens is 1. The van der Waals surface area contributed by atoms with Crippen LogP contribution in [0.1, 0.15) is 13.3 Å². The number of hydrogen-bond donors (Lipinski definition) is 2. The maximum atomic E-state index is 12.0. The van der Waals surface area contributed by atoms with Crippen molar-refractivity contribution in [1.82, 2.24) is 0 Å². The van der Waals surface area contributed by atoms with Crippen LogP contribution in [0.4, 0.5) is 11.4 Å². The lowest BCUT2D eigenvalue weighted by atomic mass is 10.1. The fourth-order valence-corrected chi connectivity index (χ4v) is 2.13. The second-order valence-corrected chi connectivity index (χ2v) is 4.68. The number of ether oxygens (including phenoxy) is 1. The molecule has 0 radical (unpaired) electrons. The van der Waals surface area contributed by atoms with Crippen molar-refractivity contribution in [2.24, 2.45) is 5.92 Å². The lowest BCUT2D eigenvalue weighted by Gasteiger charge is -2.12. The van der Waals surface area contributed by atoms with E-state index in [4.69, 9.17) is 22.1 Å². The molecule has 0 aromatic heterocycles. The summed E-state index contributed by atoms with van der Waals surface area (Å²) in [5.41, 5.74) is 6.72. The molecule has 1 heterocycles. The third-order valence-electron chi connectivity index (χ3n) is 2.86. The van der Waals surface area contributed by atoms with Crippen molar-refractivity contribution in [1.29, 1.82) is 0 Å². The molecule has 1 aromatic rings. The summed E-state index contributed by atoms with van der Waals surface area (Å²) >= 11 is 5.98. The van der Waals surface area contributed by atoms with E-state index in [1.807, 2.05) is 6.92 Å². The van der Waals surface area contributed by atoms with Crippen molar-refractivity contribution in [3.63, 3.8) is 0 Å². The summed E-state index contributed by atoms with van der Waals surface area (Å²) in [5, 5.41) is 3.21. The zero-order valence-corrected chi connectivity index (χ0v) is 10.3. The maximum Gasteiger partial charge on any atom is 0.230 e. The highest BCUT2D eigenvalue weighted by Crippen LogP contribution is 2.29. The van der Waals surface area contributed by atoms with Crippen molar-refractivity contribution in [3.8, 4) is 0 Å². The largest absolute Gasteiger partial charge is 0.397 e. The summed E-state index contributed by atoms with van der Waals surface area (Å²) in [6.45, 7) is 2.41. The molecule has 5 heteroatoms. The fraction of sp³-hybridized carbons (Fsp3) is 0.417. The standard InChI is InChI=1S/C12H15ClN2O2/c1-7-5-8(6-17-7)12(16)15-11-9(13)3-2-4-10(11)14/h2-4,7-8H,5-6,14H2,1H3,(H,15,16). The minimum absolute atomic E-state index is 0.0887. The number of nitrogens with two attached hydrogens (primary N) is 1. The quantitative estimate of drug-likeness (QED) is 0.796. The van der Waals surface area contributed by atoms with Crippen molar-refractivity contribution >= 4 is 28.9 Å². The second kappa shape index (κ2) is 4.94. The lowest BCUT2D eigenvalue weighted by Crippen LogP contribution is -2.23. The molecule has 0 bridgehead atoms. The number of benzene rings is 1. The van der Waals surface area contributed by atoms with Gasteiger partial charge in [0.05, 0.1) is 35.0 Å². The van der Waals surface area contributed by atoms with Crippen LogP contribution in [0.2, 0.25) is 5.02 Å². The third kappa shape index (κ3) is 2.70. The van der Waals surface area contributed by atoms with E-state index in [0.29, 0.717) is 23.0 Å². The van der Waals surface area contributed by atoms with E-state index in [-0.39, 0.29) is 17.9 Å². The Balaban J connectivity index is 2.08. The maximum absolute atomic E-state index is 12.0. The van der Waals surface area contributed by atoms with Crippen molar-refractivity contribution in [3.05, 3.63) is 23.2 Å². The van der Waals surface area contributed by atoms with E-state index in [0.717, 1.165) is 6.42 Å². The van der Waals surface area contributed by atoms with E-state index in [2.05, 4.69) is 5.32 Å². The summed E-state index contributed by atoms with van der Waals surface area (Å²) in [6.07, 6.45) is 0.866. The Morgan fingerprint density at radius 3 is 2.94 bits per heavy atom. The molecule has 17 heavy (non-hydrogen) atoms. The van der Waals surface area contributed by atoms with Crippen LogP contribution >= 0.6 is 11.6 Å². The minimum atomic E-state index is -0.124. The van der Waals surface area contributed by atoms with Gasteiger partial charge in [0.2, 0.25) is 5.91 Å². The van der Waals surface area contributed by atoms with Gasteiger partial charge in [-0.25, -0.2) is 0 Å². The van der Waals surface area contributed by atoms with Gasteiger partial charge in [-0.2, -0.15) is 0 Å². The van der Waals surface area contributed by atoms with Gasteiger partial charge in [0.15, 0.2) is 0 Å². The monoisotopic (exact) mass is 254 g/mol. The molecule has 2 atom stereocenters. The van der Waals surface area contributed by atoms with Crippen molar-refractivity contribution in [2.45, 2.75) is 19.4 Å². The van der Waals surface area contributed by atoms with Crippen LogP contribution in [0.15, 0.2) is 18.2 Å². The van der Waals surface area contributed by atoms with Gasteiger partial charge in [-0.1, -0.05) is 17.7 Å². The lowest BCUT2D eigenvalue weighted by molar-refractivity contribution is -0.119. The van der Waals surface area contributed by atoms with E-state index >= 15 is 0 Å². The number of carbonyl (C=O) groups is 1. The Kier molecular flexibility index (Phi) is 3.54. The first-order valence-corrected chi connectivity index (χ1v) is 5.92. The number of rotatable bonds is 2. The highest BCUT2D eigenvalue weighted by Gasteiger charge is 2.28. The van der Waals surface area contributed by atoms with Crippen LogP contribution < -0.4 is 11.1 Å². The molecule has 0 aliphatic carbocycles. The van der Waals surface area contributed by atoms with Gasteiger partial charge in [0.25, 0.3) is 0 Å². The average Bonchev–Trinajstić information content (AvgIpc) is 2.70. The Bertz CT molecular complexity index is 416. The topological polar surface area (TPSA) is 64.4 Å². The predicted octanol–water partition coefficient (Wildman–Crippen LogP) is 2.29. The molecule has 1 amide bonds. The number of anilines is 2. The van der Waals surface area contributed by atoms with E-state index < -0.39 is 0 Å². The van der Waals surface area contributed by atoms with E-state index in [1.54, 1.807) is 18.2 Å². The number of carbonyl (C=O) groups excluding carboxylic acids is 1. The first-order valence-electron chi connectivity index (χ1n) is 5.54. The molecule has 1 fully saturated rings. The Morgan fingerprint density at radius 2 is 2.35 bits per heavy atom. The van der Waals surface area contributed by atoms with Crippen LogP contribution in [0.3, 0.4) is 0 Å². The first-order chi connectivity index (χ1) is 8.08. The van der Waals surface area contributed by atoms with Crippen molar-refractivity contribution in [2.75, 3.05) is 17.7 Å². The van der Waals surface area contributed by atoms with Gasteiger partial charge in [-0.05, 0) is 25.5 Å². The highest BCUT2D eigenvalue weighted by molar-refractivity contribution is 6.34. The predicted molar refractivity (Wildman–Crippen MR) is 68.0 cm³/mol. The smallest absolute Gasteiger partial charge is 0.230 e. The summed E-state index contributed by atoms with van der Waals surface area (Å²) in [6, 6.07) is 5.14. The molecule has 4 nitrogen and oxygen atoms in total. The summed E-state index contributed by atoms with van der Waals surface area (Å²) < 4.78 is 5.36. The van der Waals surface area contributed by atoms with Crippen LogP contribution in [0.25, 0.3) is 0 Å². The van der Waals surface area contributed by atoms with Gasteiger partial charge < -0.3 is 15.8 Å². The molecule has 1 saturated heterocycles. The number of nitrogens with one attached hydrogen (secondary N) is 1. The SMILES string of the molecule is CC1CC(C(=O)Nc2c(N)cccc2Cl)CO1. The van der Waals surface area contributed by atoms with Crippen LogP contribution in [-0.4, -0.2) is 18.6 Å². The zero-order valence-electron chi connectivity index (χ0n) is 9.57. The number of amides is 1. The molecule has 1 aliphatic heterocycles. The average molecular weight is 255 g/mol. The molecule has 0 spiro atoms. The normalized spacial score (nSPS) is 23.6. The second-order valence-electron chi connectivity index (χ2n) is 4.27. The summed E-state index contributed by atoms with van der Waals surface area (Å²) in [5.74, 6) is -0.213. The highest BCUT2D eigenvalue weighted by atomic mass is 35.5. The summed E-state index contributed by atoms with van der Waals surface area (Å²) in [7, 11) is 0. The minimum Gasteiger partial charge on any atom is -0.397 e. The molecular formula is C12H15ClN2O2. The molecule has 2 unspecified atom stereocenters. The number of nitrogen functional groups attached to an aromatic ring is 1. The third-order valence-corrected chi connectivity index (χ3v) is 3.18. The zero-order chi connectivity index (χ0) is 12.4. The molecule has 1 aliphatic rings.